The molecule has 26 heavy (non-hydrogen) atoms. The van der Waals surface area contributed by atoms with Crippen LogP contribution in [0.2, 0.25) is 5.04 Å². The second-order valence-corrected chi connectivity index (χ2v) is 12.6. The quantitative estimate of drug-likeness (QED) is 0.417. The highest BCUT2D eigenvalue weighted by Gasteiger charge is 2.50. The summed E-state index contributed by atoms with van der Waals surface area (Å²) in [7, 11) is -0.628. The van der Waals surface area contributed by atoms with Gasteiger partial charge in [0.2, 0.25) is 0 Å². The van der Waals surface area contributed by atoms with E-state index in [1.165, 1.54) is 10.4 Å². The minimum Gasteiger partial charge on any atom is -0.400 e. The number of halogens is 1. The molecule has 0 aliphatic heterocycles. The van der Waals surface area contributed by atoms with Crippen LogP contribution in [0.5, 0.6) is 0 Å². The fourth-order valence-corrected chi connectivity index (χ4v) is 8.30. The van der Waals surface area contributed by atoms with Crippen LogP contribution < -0.4 is 10.4 Å². The molecule has 1 heterocycles. The molecule has 0 N–H and O–H groups in total. The molecule has 0 atom stereocenters. The summed E-state index contributed by atoms with van der Waals surface area (Å²) < 4.78 is 9.46. The first-order valence-corrected chi connectivity index (χ1v) is 11.6. The predicted molar refractivity (Wildman–Crippen MR) is 116 cm³/mol. The van der Waals surface area contributed by atoms with E-state index >= 15 is 0 Å². The van der Waals surface area contributed by atoms with Crippen LogP contribution in [0.4, 0.5) is 0 Å². The second-order valence-electron chi connectivity index (χ2n) is 7.37. The van der Waals surface area contributed by atoms with Gasteiger partial charge in [-0.15, -0.1) is 0 Å². The van der Waals surface area contributed by atoms with Crippen molar-refractivity contribution in [3.63, 3.8) is 0 Å². The van der Waals surface area contributed by atoms with Gasteiger partial charge in [-0.3, -0.25) is 0 Å². The monoisotopic (exact) mass is 477 g/mol. The standard InChI is InChI=1S/C20H24IN3OSi/c1-20(2,3)26(16-11-7-5-8-12-16,17-13-9-6-10-14-17)25-15-18-22-19(21)24(4)23-18/h5-14H,15H2,1-4H3. The van der Waals surface area contributed by atoms with Gasteiger partial charge >= 0.3 is 0 Å². The van der Waals surface area contributed by atoms with Gasteiger partial charge in [0, 0.05) is 29.6 Å². The second kappa shape index (κ2) is 7.62. The van der Waals surface area contributed by atoms with E-state index in [1.807, 2.05) is 7.05 Å². The van der Waals surface area contributed by atoms with Crippen molar-refractivity contribution in [2.75, 3.05) is 0 Å². The van der Waals surface area contributed by atoms with Crippen LogP contribution in [-0.2, 0) is 18.1 Å². The van der Waals surface area contributed by atoms with Crippen molar-refractivity contribution in [1.82, 2.24) is 14.8 Å². The Morgan fingerprint density at radius 3 is 1.85 bits per heavy atom. The van der Waals surface area contributed by atoms with E-state index in [1.54, 1.807) is 4.68 Å². The maximum Gasteiger partial charge on any atom is 0.261 e. The van der Waals surface area contributed by atoms with E-state index in [0.29, 0.717) is 6.61 Å². The fourth-order valence-electron chi connectivity index (χ4n) is 3.41. The van der Waals surface area contributed by atoms with E-state index in [4.69, 9.17) is 4.43 Å². The van der Waals surface area contributed by atoms with Crippen LogP contribution in [-0.4, -0.2) is 23.1 Å². The summed E-state index contributed by atoms with van der Waals surface area (Å²) in [6.45, 7) is 7.22. The van der Waals surface area contributed by atoms with Crippen molar-refractivity contribution < 1.29 is 4.43 Å². The number of aryl methyl sites for hydroxylation is 1. The molecule has 0 aliphatic carbocycles. The summed E-state index contributed by atoms with van der Waals surface area (Å²) in [6, 6.07) is 21.3. The summed E-state index contributed by atoms with van der Waals surface area (Å²) in [5.74, 6) is 0.727. The highest BCUT2D eigenvalue weighted by atomic mass is 127. The van der Waals surface area contributed by atoms with Gasteiger partial charge in [0.25, 0.3) is 8.32 Å². The van der Waals surface area contributed by atoms with Gasteiger partial charge in [0.1, 0.15) is 0 Å². The Bertz CT molecular complexity index is 801. The first-order valence-electron chi connectivity index (χ1n) is 8.65. The SMILES string of the molecule is Cn1nc(CO[Si](c2ccccc2)(c2ccccc2)C(C)(C)C)nc1I. The van der Waals surface area contributed by atoms with Crippen LogP contribution in [0.1, 0.15) is 26.6 Å². The minimum absolute atomic E-state index is 0.0440. The first-order chi connectivity index (χ1) is 12.3. The fraction of sp³-hybridized carbons (Fsp3) is 0.300. The lowest BCUT2D eigenvalue weighted by Crippen LogP contribution is -2.66. The van der Waals surface area contributed by atoms with Crippen molar-refractivity contribution in [2.24, 2.45) is 7.05 Å². The van der Waals surface area contributed by atoms with Gasteiger partial charge in [-0.1, -0.05) is 81.4 Å². The molecule has 6 heteroatoms. The third-order valence-corrected chi connectivity index (χ3v) is 10.5. The Morgan fingerprint density at radius 2 is 1.46 bits per heavy atom. The molecule has 0 radical (unpaired) electrons. The molecule has 0 bridgehead atoms. The summed E-state index contributed by atoms with van der Waals surface area (Å²) in [5.41, 5.74) is 0. The Hall–Kier alpha value is -1.51. The molecule has 0 fully saturated rings. The molecule has 4 nitrogen and oxygen atoms in total. The van der Waals surface area contributed by atoms with Gasteiger partial charge in [-0.05, 0) is 15.4 Å². The topological polar surface area (TPSA) is 39.9 Å². The number of rotatable bonds is 5. The van der Waals surface area contributed by atoms with E-state index in [2.05, 4.69) is 114 Å². The molecule has 0 aliphatic rings. The molecule has 2 aromatic carbocycles. The number of hydrogen-bond acceptors (Lipinski definition) is 3. The van der Waals surface area contributed by atoms with Crippen molar-refractivity contribution in [3.8, 4) is 0 Å². The smallest absolute Gasteiger partial charge is 0.261 e. The minimum atomic E-state index is -2.53. The highest BCUT2D eigenvalue weighted by molar-refractivity contribution is 14.1. The van der Waals surface area contributed by atoms with Gasteiger partial charge < -0.3 is 4.43 Å². The van der Waals surface area contributed by atoms with Gasteiger partial charge in [0.05, 0.1) is 6.61 Å². The maximum absolute atomic E-state index is 6.82. The van der Waals surface area contributed by atoms with Crippen molar-refractivity contribution in [2.45, 2.75) is 32.4 Å². The zero-order valence-electron chi connectivity index (χ0n) is 15.6. The van der Waals surface area contributed by atoms with E-state index in [9.17, 15) is 0 Å². The van der Waals surface area contributed by atoms with E-state index in [-0.39, 0.29) is 5.04 Å². The van der Waals surface area contributed by atoms with E-state index in [0.717, 1.165) is 9.66 Å². The van der Waals surface area contributed by atoms with Crippen LogP contribution in [0.15, 0.2) is 60.7 Å². The van der Waals surface area contributed by atoms with Crippen LogP contribution in [0.25, 0.3) is 0 Å². The average molecular weight is 477 g/mol. The van der Waals surface area contributed by atoms with E-state index < -0.39 is 8.32 Å². The lowest BCUT2D eigenvalue weighted by Gasteiger charge is -2.42. The third-order valence-electron chi connectivity index (χ3n) is 4.59. The molecule has 1 aromatic heterocycles. The van der Waals surface area contributed by atoms with Gasteiger partial charge in [-0.2, -0.15) is 5.10 Å². The number of hydrogen-bond donors (Lipinski definition) is 0. The zero-order chi connectivity index (χ0) is 18.8. The number of aromatic nitrogens is 3. The lowest BCUT2D eigenvalue weighted by atomic mass is 10.2. The molecule has 3 aromatic rings. The van der Waals surface area contributed by atoms with Gasteiger partial charge in [-0.25, -0.2) is 9.67 Å². The number of benzene rings is 2. The van der Waals surface area contributed by atoms with Crippen molar-refractivity contribution in [3.05, 3.63) is 70.3 Å². The normalized spacial score (nSPS) is 12.3. The van der Waals surface area contributed by atoms with Crippen LogP contribution in [0.3, 0.4) is 0 Å². The molecule has 0 unspecified atom stereocenters. The molecular formula is C20H24IN3OSi. The Kier molecular flexibility index (Phi) is 5.64. The predicted octanol–water partition coefficient (Wildman–Crippen LogP) is 3.50. The molecular weight excluding hydrogens is 453 g/mol. The summed E-state index contributed by atoms with van der Waals surface area (Å²) in [4.78, 5) is 4.52. The Labute approximate surface area is 169 Å². The summed E-state index contributed by atoms with van der Waals surface area (Å²) in [6.07, 6.45) is 0. The average Bonchev–Trinajstić information content (AvgIpc) is 2.94. The Balaban J connectivity index is 2.11. The summed E-state index contributed by atoms with van der Waals surface area (Å²) in [5, 5.41) is 6.97. The lowest BCUT2D eigenvalue weighted by molar-refractivity contribution is 0.276. The zero-order valence-corrected chi connectivity index (χ0v) is 18.8. The highest BCUT2D eigenvalue weighted by Crippen LogP contribution is 2.37. The van der Waals surface area contributed by atoms with Gasteiger partial charge in [0.15, 0.2) is 9.66 Å². The maximum atomic E-state index is 6.82. The summed E-state index contributed by atoms with van der Waals surface area (Å²) >= 11 is 2.19. The largest absolute Gasteiger partial charge is 0.400 e. The molecule has 0 saturated heterocycles. The first kappa shape index (κ1) is 19.3. The van der Waals surface area contributed by atoms with Crippen molar-refractivity contribution in [1.29, 1.82) is 0 Å². The molecule has 0 saturated carbocycles. The third kappa shape index (κ3) is 3.63. The molecule has 0 amide bonds. The van der Waals surface area contributed by atoms with Crippen LogP contribution >= 0.6 is 22.6 Å². The van der Waals surface area contributed by atoms with Crippen LogP contribution in [0, 0.1) is 3.83 Å². The van der Waals surface area contributed by atoms with Crippen molar-refractivity contribution >= 4 is 41.3 Å². The molecule has 3 rings (SSSR count). The Morgan fingerprint density at radius 1 is 0.962 bits per heavy atom. The number of nitrogens with zero attached hydrogens (tertiary/aromatic N) is 3. The molecule has 136 valence electrons. The molecule has 0 spiro atoms.